The van der Waals surface area contributed by atoms with Gasteiger partial charge in [-0.25, -0.2) is 0 Å². The Morgan fingerprint density at radius 2 is 2.29 bits per heavy atom. The molecule has 1 atom stereocenters. The zero-order valence-electron chi connectivity index (χ0n) is 8.12. The Balaban J connectivity index is 2.24. The minimum Gasteiger partial charge on any atom is -0.264 e. The summed E-state index contributed by atoms with van der Waals surface area (Å²) in [4.78, 5) is 4.13. The van der Waals surface area contributed by atoms with Gasteiger partial charge < -0.3 is 0 Å². The van der Waals surface area contributed by atoms with Gasteiger partial charge in [-0.2, -0.15) is 0 Å². The van der Waals surface area contributed by atoms with E-state index in [1.54, 1.807) is 6.20 Å². The van der Waals surface area contributed by atoms with Gasteiger partial charge in [-0.05, 0) is 36.5 Å². The molecule has 0 aliphatic heterocycles. The molecule has 0 amide bonds. The average molecular weight is 208 g/mol. The lowest BCUT2D eigenvalue weighted by Crippen LogP contribution is -1.91. The van der Waals surface area contributed by atoms with E-state index in [0.29, 0.717) is 0 Å². The summed E-state index contributed by atoms with van der Waals surface area (Å²) < 4.78 is 0. The average Bonchev–Trinajstić information content (AvgIpc) is 2.44. The third-order valence-electron chi connectivity index (χ3n) is 2.59. The van der Waals surface area contributed by atoms with Crippen LogP contribution in [0.25, 0.3) is 5.57 Å². The van der Waals surface area contributed by atoms with Crippen LogP contribution in [-0.4, -0.2) is 10.4 Å². The largest absolute Gasteiger partial charge is 0.264 e. The normalized spacial score (nSPS) is 22.6. The van der Waals surface area contributed by atoms with Crippen LogP contribution in [0.1, 0.15) is 31.2 Å². The van der Waals surface area contributed by atoms with E-state index in [4.69, 9.17) is 11.6 Å². The highest BCUT2D eigenvalue weighted by Crippen LogP contribution is 2.27. The van der Waals surface area contributed by atoms with Crippen LogP contribution in [0.3, 0.4) is 0 Å². The fourth-order valence-electron chi connectivity index (χ4n) is 1.83. The standard InChI is InChI=1S/C12H14ClN/c13-12-6-2-1-4-10(8-12)11-5-3-7-14-9-11/h3,5,7-9,12H,1-2,4,6H2. The van der Waals surface area contributed by atoms with Crippen molar-refractivity contribution in [3.63, 3.8) is 0 Å². The fourth-order valence-corrected chi connectivity index (χ4v) is 2.14. The Bertz CT molecular complexity index is 318. The van der Waals surface area contributed by atoms with Crippen molar-refractivity contribution < 1.29 is 0 Å². The lowest BCUT2D eigenvalue weighted by Gasteiger charge is -2.04. The predicted octanol–water partition coefficient (Wildman–Crippen LogP) is 3.65. The Labute approximate surface area is 89.8 Å². The molecule has 2 rings (SSSR count). The Morgan fingerprint density at radius 3 is 3.07 bits per heavy atom. The zero-order valence-corrected chi connectivity index (χ0v) is 8.87. The van der Waals surface area contributed by atoms with Gasteiger partial charge in [0.1, 0.15) is 0 Å². The first-order valence-electron chi connectivity index (χ1n) is 5.11. The summed E-state index contributed by atoms with van der Waals surface area (Å²) in [6.45, 7) is 0. The molecule has 14 heavy (non-hydrogen) atoms. The number of aromatic nitrogens is 1. The van der Waals surface area contributed by atoms with Crippen LogP contribution in [-0.2, 0) is 0 Å². The third-order valence-corrected chi connectivity index (χ3v) is 2.93. The number of halogens is 1. The molecule has 2 heteroatoms. The highest BCUT2D eigenvalue weighted by Gasteiger charge is 2.10. The van der Waals surface area contributed by atoms with Gasteiger partial charge in [0.05, 0.1) is 5.38 Å². The number of pyridine rings is 1. The Hall–Kier alpha value is -0.820. The lowest BCUT2D eigenvalue weighted by molar-refractivity contribution is 0.724. The summed E-state index contributed by atoms with van der Waals surface area (Å²) in [5.41, 5.74) is 2.58. The number of rotatable bonds is 1. The molecule has 0 N–H and O–H groups in total. The molecule has 74 valence electrons. The van der Waals surface area contributed by atoms with E-state index >= 15 is 0 Å². The number of hydrogen-bond acceptors (Lipinski definition) is 1. The molecule has 1 unspecified atom stereocenters. The molecule has 0 bridgehead atoms. The van der Waals surface area contributed by atoms with Crippen LogP contribution < -0.4 is 0 Å². The molecule has 0 radical (unpaired) electrons. The molecule has 0 saturated heterocycles. The van der Waals surface area contributed by atoms with E-state index in [1.165, 1.54) is 24.0 Å². The third kappa shape index (κ3) is 2.36. The van der Waals surface area contributed by atoms with E-state index in [2.05, 4.69) is 17.1 Å². The quantitative estimate of drug-likeness (QED) is 0.641. The molecule has 1 aromatic rings. The van der Waals surface area contributed by atoms with E-state index in [-0.39, 0.29) is 5.38 Å². The number of hydrogen-bond donors (Lipinski definition) is 0. The van der Waals surface area contributed by atoms with E-state index in [1.807, 2.05) is 12.3 Å². The van der Waals surface area contributed by atoms with Crippen molar-refractivity contribution in [3.05, 3.63) is 36.2 Å². The van der Waals surface area contributed by atoms with Crippen LogP contribution in [0.5, 0.6) is 0 Å². The molecule has 1 nitrogen and oxygen atoms in total. The van der Waals surface area contributed by atoms with Gasteiger partial charge in [0.25, 0.3) is 0 Å². The molecule has 1 aliphatic rings. The van der Waals surface area contributed by atoms with Crippen molar-refractivity contribution in [1.29, 1.82) is 0 Å². The van der Waals surface area contributed by atoms with E-state index < -0.39 is 0 Å². The van der Waals surface area contributed by atoms with Gasteiger partial charge >= 0.3 is 0 Å². The van der Waals surface area contributed by atoms with Crippen LogP contribution in [0.2, 0.25) is 0 Å². The van der Waals surface area contributed by atoms with Crippen molar-refractivity contribution >= 4 is 17.2 Å². The van der Waals surface area contributed by atoms with Crippen molar-refractivity contribution in [3.8, 4) is 0 Å². The maximum atomic E-state index is 6.17. The predicted molar refractivity (Wildman–Crippen MR) is 60.3 cm³/mol. The van der Waals surface area contributed by atoms with Crippen LogP contribution in [0, 0.1) is 0 Å². The maximum absolute atomic E-state index is 6.17. The topological polar surface area (TPSA) is 12.9 Å². The fraction of sp³-hybridized carbons (Fsp3) is 0.417. The van der Waals surface area contributed by atoms with Gasteiger partial charge in [0.2, 0.25) is 0 Å². The monoisotopic (exact) mass is 207 g/mol. The highest BCUT2D eigenvalue weighted by molar-refractivity contribution is 6.22. The second kappa shape index (κ2) is 4.61. The molecular formula is C12H14ClN. The van der Waals surface area contributed by atoms with Crippen molar-refractivity contribution in [2.45, 2.75) is 31.1 Å². The van der Waals surface area contributed by atoms with Crippen molar-refractivity contribution in [2.24, 2.45) is 0 Å². The van der Waals surface area contributed by atoms with Gasteiger partial charge in [-0.3, -0.25) is 4.98 Å². The Morgan fingerprint density at radius 1 is 1.36 bits per heavy atom. The van der Waals surface area contributed by atoms with E-state index in [0.717, 1.165) is 12.8 Å². The number of alkyl halides is 1. The van der Waals surface area contributed by atoms with Crippen LogP contribution in [0.4, 0.5) is 0 Å². The molecule has 0 spiro atoms. The van der Waals surface area contributed by atoms with Gasteiger partial charge in [0, 0.05) is 12.4 Å². The summed E-state index contributed by atoms with van der Waals surface area (Å²) in [6, 6.07) is 4.08. The summed E-state index contributed by atoms with van der Waals surface area (Å²) in [5.74, 6) is 0. The molecule has 1 aliphatic carbocycles. The number of allylic oxidation sites excluding steroid dienone is 2. The van der Waals surface area contributed by atoms with E-state index in [9.17, 15) is 0 Å². The minimum atomic E-state index is 0.202. The molecule has 0 saturated carbocycles. The number of nitrogens with zero attached hydrogens (tertiary/aromatic N) is 1. The van der Waals surface area contributed by atoms with Crippen LogP contribution in [0.15, 0.2) is 30.6 Å². The maximum Gasteiger partial charge on any atom is 0.0521 e. The zero-order chi connectivity index (χ0) is 9.80. The summed E-state index contributed by atoms with van der Waals surface area (Å²) >= 11 is 6.17. The molecule has 0 aromatic carbocycles. The highest BCUT2D eigenvalue weighted by atomic mass is 35.5. The van der Waals surface area contributed by atoms with Gasteiger partial charge in [-0.15, -0.1) is 11.6 Å². The first-order chi connectivity index (χ1) is 6.86. The molecule has 0 fully saturated rings. The summed E-state index contributed by atoms with van der Waals surface area (Å²) in [6.07, 6.45) is 10.6. The summed E-state index contributed by atoms with van der Waals surface area (Å²) in [7, 11) is 0. The smallest absolute Gasteiger partial charge is 0.0521 e. The molecule has 1 aromatic heterocycles. The van der Waals surface area contributed by atoms with Crippen molar-refractivity contribution in [1.82, 2.24) is 4.98 Å². The second-order valence-corrected chi connectivity index (χ2v) is 4.26. The lowest BCUT2D eigenvalue weighted by atomic mass is 10.0. The SMILES string of the molecule is ClC1C=C(c2cccnc2)CCCC1. The molecular weight excluding hydrogens is 194 g/mol. The molecule has 1 heterocycles. The minimum absolute atomic E-state index is 0.202. The first kappa shape index (κ1) is 9.72. The second-order valence-electron chi connectivity index (χ2n) is 3.70. The van der Waals surface area contributed by atoms with Gasteiger partial charge in [0.15, 0.2) is 0 Å². The van der Waals surface area contributed by atoms with Gasteiger partial charge in [-0.1, -0.05) is 18.6 Å². The first-order valence-corrected chi connectivity index (χ1v) is 5.55. The van der Waals surface area contributed by atoms with Crippen LogP contribution >= 0.6 is 11.6 Å². The van der Waals surface area contributed by atoms with Crippen molar-refractivity contribution in [2.75, 3.05) is 0 Å². The summed E-state index contributed by atoms with van der Waals surface area (Å²) in [5, 5.41) is 0.202. The Kier molecular flexibility index (Phi) is 3.20.